The van der Waals surface area contributed by atoms with Gasteiger partial charge < -0.3 is 19.9 Å². The van der Waals surface area contributed by atoms with Gasteiger partial charge in [0.1, 0.15) is 5.75 Å². The van der Waals surface area contributed by atoms with E-state index in [2.05, 4.69) is 27.3 Å². The number of rotatable bonds is 11. The average molecular weight is 346 g/mol. The van der Waals surface area contributed by atoms with Crippen LogP contribution in [0.2, 0.25) is 0 Å². The van der Waals surface area contributed by atoms with E-state index in [-0.39, 0.29) is 6.61 Å². The minimum atomic E-state index is 0.259. The molecule has 5 heteroatoms. The highest BCUT2D eigenvalue weighted by Crippen LogP contribution is 2.22. The lowest BCUT2D eigenvalue weighted by Crippen LogP contribution is -2.18. The molecule has 0 amide bonds. The van der Waals surface area contributed by atoms with Crippen molar-refractivity contribution in [2.75, 3.05) is 33.5 Å². The number of aliphatic hydroxyl groups is 1. The number of benzene rings is 1. The molecule has 0 heterocycles. The molecular weight excluding hydrogens is 322 g/mol. The molecular formula is C15H24BrNO3. The first-order chi connectivity index (χ1) is 9.77. The fourth-order valence-corrected chi connectivity index (χ4v) is 2.14. The van der Waals surface area contributed by atoms with Gasteiger partial charge in [-0.25, -0.2) is 0 Å². The number of methoxy groups -OCH3 is 1. The summed E-state index contributed by atoms with van der Waals surface area (Å²) in [5.41, 5.74) is 1.17. The van der Waals surface area contributed by atoms with Gasteiger partial charge in [0.25, 0.3) is 0 Å². The van der Waals surface area contributed by atoms with Crippen LogP contribution in [0.3, 0.4) is 0 Å². The highest BCUT2D eigenvalue weighted by Gasteiger charge is 2.02. The van der Waals surface area contributed by atoms with Gasteiger partial charge in [-0.2, -0.15) is 0 Å². The van der Waals surface area contributed by atoms with E-state index in [0.717, 1.165) is 42.6 Å². The van der Waals surface area contributed by atoms with Crippen LogP contribution in [0.25, 0.3) is 0 Å². The summed E-state index contributed by atoms with van der Waals surface area (Å²) in [6, 6.07) is 6.03. The predicted octanol–water partition coefficient (Wildman–Crippen LogP) is 2.73. The Kier molecular flexibility index (Phi) is 9.66. The lowest BCUT2D eigenvalue weighted by molar-refractivity contribution is 0.199. The van der Waals surface area contributed by atoms with Crippen molar-refractivity contribution in [2.24, 2.45) is 0 Å². The van der Waals surface area contributed by atoms with Gasteiger partial charge in [0.15, 0.2) is 0 Å². The van der Waals surface area contributed by atoms with E-state index >= 15 is 0 Å². The molecule has 0 unspecified atom stereocenters. The third-order valence-corrected chi connectivity index (χ3v) is 3.66. The van der Waals surface area contributed by atoms with Gasteiger partial charge in [0, 0.05) is 31.3 Å². The van der Waals surface area contributed by atoms with Crippen molar-refractivity contribution in [3.8, 4) is 5.75 Å². The van der Waals surface area contributed by atoms with Crippen LogP contribution in [0.4, 0.5) is 0 Å². The van der Waals surface area contributed by atoms with Crippen LogP contribution in [-0.4, -0.2) is 38.6 Å². The average Bonchev–Trinajstić information content (AvgIpc) is 2.46. The molecule has 114 valence electrons. The number of unbranched alkanes of at least 4 members (excludes halogenated alkanes) is 2. The van der Waals surface area contributed by atoms with Gasteiger partial charge in [-0.1, -0.05) is 15.9 Å². The molecule has 0 aliphatic carbocycles. The summed E-state index contributed by atoms with van der Waals surface area (Å²) in [5, 5.41) is 12.0. The van der Waals surface area contributed by atoms with Crippen molar-refractivity contribution >= 4 is 15.9 Å². The first-order valence-electron chi connectivity index (χ1n) is 6.99. The molecule has 0 fully saturated rings. The molecule has 0 spiro atoms. The van der Waals surface area contributed by atoms with Crippen molar-refractivity contribution in [2.45, 2.75) is 25.8 Å². The normalized spacial score (nSPS) is 10.8. The van der Waals surface area contributed by atoms with Gasteiger partial charge in [-0.15, -0.1) is 0 Å². The quantitative estimate of drug-likeness (QED) is 0.605. The Hall–Kier alpha value is -0.620. The van der Waals surface area contributed by atoms with Crippen molar-refractivity contribution in [3.05, 3.63) is 28.2 Å². The standard InChI is InChI=1S/C15H24BrNO3/c1-19-10-7-17-12-13-11-14(5-6-15(13)16)20-9-4-2-3-8-18/h5-6,11,17-18H,2-4,7-10,12H2,1H3. The number of nitrogens with one attached hydrogen (secondary N) is 1. The first-order valence-corrected chi connectivity index (χ1v) is 7.79. The molecule has 2 N–H and O–H groups in total. The van der Waals surface area contributed by atoms with Gasteiger partial charge in [0.2, 0.25) is 0 Å². The van der Waals surface area contributed by atoms with Crippen LogP contribution in [0.5, 0.6) is 5.75 Å². The van der Waals surface area contributed by atoms with E-state index in [1.807, 2.05) is 12.1 Å². The second-order valence-corrected chi connectivity index (χ2v) is 5.41. The number of hydrogen-bond acceptors (Lipinski definition) is 4. The Morgan fingerprint density at radius 2 is 2.05 bits per heavy atom. The van der Waals surface area contributed by atoms with Crippen molar-refractivity contribution in [1.82, 2.24) is 5.32 Å². The largest absolute Gasteiger partial charge is 0.494 e. The third kappa shape index (κ3) is 7.24. The monoisotopic (exact) mass is 345 g/mol. The highest BCUT2D eigenvalue weighted by molar-refractivity contribution is 9.10. The Morgan fingerprint density at radius 1 is 1.20 bits per heavy atom. The third-order valence-electron chi connectivity index (χ3n) is 2.89. The maximum absolute atomic E-state index is 8.71. The van der Waals surface area contributed by atoms with Crippen LogP contribution in [0.15, 0.2) is 22.7 Å². The lowest BCUT2D eigenvalue weighted by atomic mass is 10.2. The summed E-state index contributed by atoms with van der Waals surface area (Å²) in [7, 11) is 1.70. The smallest absolute Gasteiger partial charge is 0.119 e. The molecule has 0 aliphatic rings. The zero-order valence-electron chi connectivity index (χ0n) is 12.0. The van der Waals surface area contributed by atoms with Gasteiger partial charge >= 0.3 is 0 Å². The number of hydrogen-bond donors (Lipinski definition) is 2. The summed E-state index contributed by atoms with van der Waals surface area (Å²) in [6.45, 7) is 3.27. The van der Waals surface area contributed by atoms with E-state index in [1.165, 1.54) is 5.56 Å². The molecule has 0 atom stereocenters. The van der Waals surface area contributed by atoms with Gasteiger partial charge in [-0.05, 0) is 43.0 Å². The van der Waals surface area contributed by atoms with E-state index in [0.29, 0.717) is 13.2 Å². The second-order valence-electron chi connectivity index (χ2n) is 4.56. The number of aliphatic hydroxyl groups excluding tert-OH is 1. The van der Waals surface area contributed by atoms with Crippen molar-refractivity contribution in [3.63, 3.8) is 0 Å². The molecule has 0 aliphatic heterocycles. The zero-order chi connectivity index (χ0) is 14.6. The van der Waals surface area contributed by atoms with Gasteiger partial charge in [-0.3, -0.25) is 0 Å². The van der Waals surface area contributed by atoms with Crippen molar-refractivity contribution in [1.29, 1.82) is 0 Å². The topological polar surface area (TPSA) is 50.7 Å². The van der Waals surface area contributed by atoms with Crippen LogP contribution < -0.4 is 10.1 Å². The molecule has 0 bridgehead atoms. The summed E-state index contributed by atoms with van der Waals surface area (Å²) in [4.78, 5) is 0. The summed E-state index contributed by atoms with van der Waals surface area (Å²) >= 11 is 3.55. The molecule has 1 aromatic rings. The minimum absolute atomic E-state index is 0.259. The predicted molar refractivity (Wildman–Crippen MR) is 84.2 cm³/mol. The molecule has 0 radical (unpaired) electrons. The fourth-order valence-electron chi connectivity index (χ4n) is 1.75. The Morgan fingerprint density at radius 3 is 2.80 bits per heavy atom. The Labute approximate surface area is 129 Å². The highest BCUT2D eigenvalue weighted by atomic mass is 79.9. The molecule has 20 heavy (non-hydrogen) atoms. The fraction of sp³-hybridized carbons (Fsp3) is 0.600. The van der Waals surface area contributed by atoms with Crippen molar-refractivity contribution < 1.29 is 14.6 Å². The maximum Gasteiger partial charge on any atom is 0.119 e. The summed E-state index contributed by atoms with van der Waals surface area (Å²) < 4.78 is 11.8. The molecule has 0 saturated carbocycles. The van der Waals surface area contributed by atoms with E-state index in [9.17, 15) is 0 Å². The number of halogens is 1. The minimum Gasteiger partial charge on any atom is -0.494 e. The lowest BCUT2D eigenvalue weighted by Gasteiger charge is -2.10. The van der Waals surface area contributed by atoms with E-state index < -0.39 is 0 Å². The van der Waals surface area contributed by atoms with E-state index in [1.54, 1.807) is 7.11 Å². The maximum atomic E-state index is 8.71. The zero-order valence-corrected chi connectivity index (χ0v) is 13.6. The molecule has 0 aromatic heterocycles. The molecule has 4 nitrogen and oxygen atoms in total. The Balaban J connectivity index is 2.36. The van der Waals surface area contributed by atoms with Crippen LogP contribution in [0.1, 0.15) is 24.8 Å². The first kappa shape index (κ1) is 17.4. The molecule has 0 saturated heterocycles. The van der Waals surface area contributed by atoms with Crippen LogP contribution in [0, 0.1) is 0 Å². The SMILES string of the molecule is COCCNCc1cc(OCCCCCO)ccc1Br. The molecule has 1 aromatic carbocycles. The summed E-state index contributed by atoms with van der Waals surface area (Å²) in [5.74, 6) is 0.890. The van der Waals surface area contributed by atoms with Crippen LogP contribution >= 0.6 is 15.9 Å². The number of ether oxygens (including phenoxy) is 2. The summed E-state index contributed by atoms with van der Waals surface area (Å²) in [6.07, 6.45) is 2.81. The second kappa shape index (κ2) is 11.1. The Bertz CT molecular complexity index is 374. The molecule has 1 rings (SSSR count). The van der Waals surface area contributed by atoms with Gasteiger partial charge in [0.05, 0.1) is 13.2 Å². The van der Waals surface area contributed by atoms with E-state index in [4.69, 9.17) is 14.6 Å². The van der Waals surface area contributed by atoms with Crippen LogP contribution in [-0.2, 0) is 11.3 Å².